The molecule has 0 amide bonds. The number of carbonyl (C=O) groups is 1. The molecule has 0 unspecified atom stereocenters. The van der Waals surface area contributed by atoms with Crippen LogP contribution in [-0.2, 0) is 4.79 Å². The lowest BCUT2D eigenvalue weighted by Gasteiger charge is -2.25. The van der Waals surface area contributed by atoms with Crippen LogP contribution in [0.2, 0.25) is 0 Å². The van der Waals surface area contributed by atoms with Gasteiger partial charge in [0.1, 0.15) is 0 Å². The maximum Gasteiger partial charge on any atom is 0.303 e. The average Bonchev–Trinajstić information content (AvgIpc) is 2.59. The zero-order valence-electron chi connectivity index (χ0n) is 15.2. The van der Waals surface area contributed by atoms with Gasteiger partial charge in [0.2, 0.25) is 0 Å². The summed E-state index contributed by atoms with van der Waals surface area (Å²) in [5, 5.41) is 8.63. The Morgan fingerprint density at radius 3 is 1.62 bits per heavy atom. The number of rotatable bonds is 16. The highest BCUT2D eigenvalue weighted by Gasteiger charge is 2.26. The molecule has 0 aliphatic carbocycles. The molecule has 6 atom stereocenters. The molecule has 0 radical (unpaired) electrons. The van der Waals surface area contributed by atoms with Crippen molar-refractivity contribution in [1.82, 2.24) is 0 Å². The van der Waals surface area contributed by atoms with E-state index in [1.807, 2.05) is 0 Å². The largest absolute Gasteiger partial charge is 0.481 e. The second-order valence-corrected chi connectivity index (χ2v) is 13.7. The Morgan fingerprint density at radius 2 is 1.12 bits per heavy atom. The third-order valence-corrected chi connectivity index (χ3v) is 12.9. The Bertz CT molecular complexity index is 372. The fraction of sp³-hybridized carbons (Fsp3) is 0.944. The van der Waals surface area contributed by atoms with E-state index in [1.54, 1.807) is 0 Å². The third kappa shape index (κ3) is 14.4. The molecule has 0 aliphatic rings. The van der Waals surface area contributed by atoms with Crippen LogP contribution in [0.25, 0.3) is 0 Å². The molecule has 0 saturated heterocycles. The molecular weight excluding hydrogens is 728 g/mol. The van der Waals surface area contributed by atoms with Gasteiger partial charge in [-0.25, -0.2) is 0 Å². The summed E-state index contributed by atoms with van der Waals surface area (Å²) in [4.78, 5) is 13.2. The van der Waals surface area contributed by atoms with Crippen molar-refractivity contribution in [3.8, 4) is 0 Å². The molecule has 8 heteroatoms. The van der Waals surface area contributed by atoms with Gasteiger partial charge in [-0.3, -0.25) is 4.79 Å². The van der Waals surface area contributed by atoms with Crippen LogP contribution in [0.15, 0.2) is 0 Å². The summed E-state index contributed by atoms with van der Waals surface area (Å²) in [5.41, 5.74) is 0. The summed E-state index contributed by atoms with van der Waals surface area (Å²) in [7, 11) is 0. The lowest BCUT2D eigenvalue weighted by molar-refractivity contribution is -0.137. The quantitative estimate of drug-likeness (QED) is 0.127. The van der Waals surface area contributed by atoms with E-state index in [1.165, 1.54) is 12.8 Å². The van der Waals surface area contributed by atoms with E-state index in [4.69, 9.17) is 5.11 Å². The van der Waals surface area contributed by atoms with Gasteiger partial charge in [0.05, 0.1) is 0 Å². The molecule has 0 fully saturated rings. The van der Waals surface area contributed by atoms with Crippen molar-refractivity contribution < 1.29 is 9.90 Å². The van der Waals surface area contributed by atoms with Crippen molar-refractivity contribution in [2.24, 2.45) is 0 Å². The molecule has 0 aromatic rings. The Morgan fingerprint density at radius 1 is 0.692 bits per heavy atom. The highest BCUT2D eigenvalue weighted by molar-refractivity contribution is 9.13. The molecule has 0 bridgehead atoms. The number of halogens is 6. The molecule has 0 saturated carbocycles. The van der Waals surface area contributed by atoms with E-state index in [9.17, 15) is 4.79 Å². The molecule has 26 heavy (non-hydrogen) atoms. The zero-order chi connectivity index (χ0) is 20.1. The molecule has 2 nitrogen and oxygen atoms in total. The molecular formula is C18H30Br6O2. The third-order valence-electron chi connectivity index (χ3n) is 4.34. The van der Waals surface area contributed by atoms with Crippen LogP contribution in [0.4, 0.5) is 0 Å². The predicted octanol–water partition coefficient (Wildman–Crippen LogP) is 8.57. The predicted molar refractivity (Wildman–Crippen MR) is 136 cm³/mol. The number of aliphatic carboxylic acids is 1. The van der Waals surface area contributed by atoms with Gasteiger partial charge < -0.3 is 5.11 Å². The summed E-state index contributed by atoms with van der Waals surface area (Å²) in [6.45, 7) is 2.19. The Labute approximate surface area is 209 Å². The summed E-state index contributed by atoms with van der Waals surface area (Å²) in [5.74, 6) is -0.686. The van der Waals surface area contributed by atoms with Gasteiger partial charge in [-0.1, -0.05) is 128 Å². The zero-order valence-corrected chi connectivity index (χ0v) is 24.7. The van der Waals surface area contributed by atoms with E-state index in [0.717, 1.165) is 44.9 Å². The van der Waals surface area contributed by atoms with Crippen molar-refractivity contribution in [3.05, 3.63) is 0 Å². The fourth-order valence-electron chi connectivity index (χ4n) is 2.60. The molecule has 0 heterocycles. The second-order valence-electron chi connectivity index (χ2n) is 6.68. The highest BCUT2D eigenvalue weighted by Crippen LogP contribution is 2.33. The van der Waals surface area contributed by atoms with Crippen molar-refractivity contribution in [1.29, 1.82) is 0 Å². The van der Waals surface area contributed by atoms with Crippen LogP contribution < -0.4 is 0 Å². The monoisotopic (exact) mass is 752 g/mol. The molecule has 0 rings (SSSR count). The number of carboxylic acids is 1. The first-order valence-electron chi connectivity index (χ1n) is 9.25. The van der Waals surface area contributed by atoms with E-state index in [2.05, 4.69) is 103 Å². The van der Waals surface area contributed by atoms with Gasteiger partial charge in [-0.2, -0.15) is 0 Å². The van der Waals surface area contributed by atoms with Crippen LogP contribution in [0.5, 0.6) is 0 Å². The van der Waals surface area contributed by atoms with E-state index >= 15 is 0 Å². The lowest BCUT2D eigenvalue weighted by Crippen LogP contribution is -2.27. The lowest BCUT2D eigenvalue weighted by atomic mass is 10.0. The minimum Gasteiger partial charge on any atom is -0.481 e. The van der Waals surface area contributed by atoms with Crippen LogP contribution in [0.1, 0.15) is 71.1 Å². The van der Waals surface area contributed by atoms with Crippen LogP contribution in [0.3, 0.4) is 0 Å². The maximum absolute atomic E-state index is 10.5. The average molecular weight is 758 g/mol. The van der Waals surface area contributed by atoms with Gasteiger partial charge in [0, 0.05) is 35.4 Å². The molecule has 156 valence electrons. The summed E-state index contributed by atoms with van der Waals surface area (Å²) >= 11 is 22.9. The molecule has 0 spiro atoms. The minimum atomic E-state index is -0.686. The molecule has 1 N–H and O–H groups in total. The SMILES string of the molecule is CC[C@H](Br)[C@H](Br)C[C@H](Br)[C@H](Br)C[C@@H](Br)[C@H](Br)CCCCCCCC(=O)O. The highest BCUT2D eigenvalue weighted by atomic mass is 79.9. The maximum atomic E-state index is 10.5. The molecule has 0 aromatic carbocycles. The van der Waals surface area contributed by atoms with Gasteiger partial charge in [0.25, 0.3) is 0 Å². The van der Waals surface area contributed by atoms with Gasteiger partial charge >= 0.3 is 5.97 Å². The number of hydrogen-bond acceptors (Lipinski definition) is 1. The smallest absolute Gasteiger partial charge is 0.303 e. The topological polar surface area (TPSA) is 37.3 Å². The minimum absolute atomic E-state index is 0.300. The van der Waals surface area contributed by atoms with Crippen molar-refractivity contribution >= 4 is 102 Å². The fourth-order valence-corrected chi connectivity index (χ4v) is 7.04. The van der Waals surface area contributed by atoms with E-state index in [0.29, 0.717) is 35.4 Å². The Balaban J connectivity index is 3.94. The van der Waals surface area contributed by atoms with Crippen LogP contribution in [-0.4, -0.2) is 40.0 Å². The van der Waals surface area contributed by atoms with Crippen LogP contribution in [0, 0.1) is 0 Å². The van der Waals surface area contributed by atoms with E-state index in [-0.39, 0.29) is 0 Å². The Kier molecular flexibility index (Phi) is 18.6. The van der Waals surface area contributed by atoms with Gasteiger partial charge in [0.15, 0.2) is 0 Å². The summed E-state index contributed by atoms with van der Waals surface area (Å²) in [6.07, 6.45) is 9.99. The van der Waals surface area contributed by atoms with Gasteiger partial charge in [-0.15, -0.1) is 0 Å². The van der Waals surface area contributed by atoms with Crippen molar-refractivity contribution in [2.75, 3.05) is 0 Å². The van der Waals surface area contributed by atoms with Crippen molar-refractivity contribution in [3.63, 3.8) is 0 Å². The number of hydrogen-bond donors (Lipinski definition) is 1. The summed E-state index contributed by atoms with van der Waals surface area (Å²) < 4.78 is 0. The second kappa shape index (κ2) is 17.1. The summed E-state index contributed by atoms with van der Waals surface area (Å²) in [6, 6.07) is 0. The Hall–Kier alpha value is 2.35. The van der Waals surface area contributed by atoms with Crippen molar-refractivity contribution in [2.45, 2.75) is 100 Å². The standard InChI is InChI=1S/C18H30Br6O2/c1-2-12(19)14(21)10-16(23)17(24)11-15(22)13(20)8-6-4-3-5-7-9-18(25)26/h12-17H,2-11H2,1H3,(H,25,26)/t12-,13+,14+,15+,16-,17+/m0/s1. The molecule has 0 aliphatic heterocycles. The van der Waals surface area contributed by atoms with Gasteiger partial charge in [-0.05, 0) is 32.1 Å². The number of carboxylic acid groups (broad SMARTS) is 1. The molecule has 0 aromatic heterocycles. The first-order valence-corrected chi connectivity index (χ1v) is 14.7. The normalized spacial score (nSPS) is 18.7. The first kappa shape index (κ1) is 28.4. The number of unbranched alkanes of at least 4 members (excludes halogenated alkanes) is 4. The number of alkyl halides is 6. The first-order chi connectivity index (χ1) is 12.2. The van der Waals surface area contributed by atoms with E-state index < -0.39 is 5.97 Å². The van der Waals surface area contributed by atoms with Crippen LogP contribution >= 0.6 is 95.6 Å².